The zero-order valence-corrected chi connectivity index (χ0v) is 9.47. The van der Waals surface area contributed by atoms with E-state index in [1.54, 1.807) is 0 Å². The SMILES string of the molecule is C=C/C(=C\CC)C(CCC)CCC. The molecule has 76 valence electrons. The maximum absolute atomic E-state index is 3.90. The van der Waals surface area contributed by atoms with Gasteiger partial charge in [-0.15, -0.1) is 0 Å². The molecule has 0 heterocycles. The highest BCUT2D eigenvalue weighted by molar-refractivity contribution is 5.19. The molecule has 0 bridgehead atoms. The molecule has 0 aromatic carbocycles. The summed E-state index contributed by atoms with van der Waals surface area (Å²) in [6.45, 7) is 10.6. The minimum absolute atomic E-state index is 0.757. The molecule has 0 amide bonds. The quantitative estimate of drug-likeness (QED) is 0.497. The fourth-order valence-corrected chi connectivity index (χ4v) is 1.83. The van der Waals surface area contributed by atoms with E-state index in [1.807, 2.05) is 6.08 Å². The van der Waals surface area contributed by atoms with Gasteiger partial charge in [-0.3, -0.25) is 0 Å². The van der Waals surface area contributed by atoms with Crippen LogP contribution in [0.3, 0.4) is 0 Å². The van der Waals surface area contributed by atoms with Crippen LogP contribution in [0.1, 0.15) is 52.9 Å². The van der Waals surface area contributed by atoms with E-state index in [9.17, 15) is 0 Å². The van der Waals surface area contributed by atoms with Crippen LogP contribution in [0, 0.1) is 5.92 Å². The summed E-state index contributed by atoms with van der Waals surface area (Å²) in [6, 6.07) is 0. The summed E-state index contributed by atoms with van der Waals surface area (Å²) in [4.78, 5) is 0. The predicted octanol–water partition coefficient (Wildman–Crippen LogP) is 4.73. The van der Waals surface area contributed by atoms with E-state index < -0.39 is 0 Å². The van der Waals surface area contributed by atoms with Crippen LogP contribution in [0.2, 0.25) is 0 Å². The predicted molar refractivity (Wildman–Crippen MR) is 61.9 cm³/mol. The van der Waals surface area contributed by atoms with E-state index in [-0.39, 0.29) is 0 Å². The molecule has 0 aromatic heterocycles. The molecule has 0 unspecified atom stereocenters. The molecule has 0 rings (SSSR count). The van der Waals surface area contributed by atoms with Crippen molar-refractivity contribution in [1.29, 1.82) is 0 Å². The molecule has 0 aliphatic carbocycles. The van der Waals surface area contributed by atoms with Crippen molar-refractivity contribution in [1.82, 2.24) is 0 Å². The van der Waals surface area contributed by atoms with Crippen LogP contribution in [0.4, 0.5) is 0 Å². The third kappa shape index (κ3) is 4.92. The third-order valence-corrected chi connectivity index (χ3v) is 2.42. The van der Waals surface area contributed by atoms with Gasteiger partial charge in [0.25, 0.3) is 0 Å². The fraction of sp³-hybridized carbons (Fsp3) is 0.692. The summed E-state index contributed by atoms with van der Waals surface area (Å²) in [6.07, 6.45) is 10.7. The van der Waals surface area contributed by atoms with Gasteiger partial charge in [-0.25, -0.2) is 0 Å². The Balaban J connectivity index is 4.28. The standard InChI is InChI=1S/C13H24/c1-5-9-12(8-4)13(10-6-2)11-7-3/h8-9,13H,4-7,10-11H2,1-3H3/b12-9+. The Hall–Kier alpha value is -0.520. The highest BCUT2D eigenvalue weighted by Crippen LogP contribution is 2.23. The van der Waals surface area contributed by atoms with Gasteiger partial charge >= 0.3 is 0 Å². The van der Waals surface area contributed by atoms with E-state index in [2.05, 4.69) is 33.4 Å². The van der Waals surface area contributed by atoms with Crippen molar-refractivity contribution in [3.8, 4) is 0 Å². The Morgan fingerprint density at radius 2 is 1.69 bits per heavy atom. The maximum atomic E-state index is 3.90. The highest BCUT2D eigenvalue weighted by Gasteiger charge is 2.08. The first-order valence-electron chi connectivity index (χ1n) is 5.62. The van der Waals surface area contributed by atoms with Crippen molar-refractivity contribution in [2.45, 2.75) is 52.9 Å². The van der Waals surface area contributed by atoms with E-state index in [0.29, 0.717) is 0 Å². The van der Waals surface area contributed by atoms with E-state index in [4.69, 9.17) is 0 Å². The lowest BCUT2D eigenvalue weighted by Gasteiger charge is -2.16. The zero-order valence-electron chi connectivity index (χ0n) is 9.47. The van der Waals surface area contributed by atoms with Gasteiger partial charge in [0.1, 0.15) is 0 Å². The second-order valence-corrected chi connectivity index (χ2v) is 3.59. The Bertz CT molecular complexity index is 147. The average molecular weight is 180 g/mol. The Morgan fingerprint density at radius 1 is 1.15 bits per heavy atom. The number of hydrogen-bond acceptors (Lipinski definition) is 0. The van der Waals surface area contributed by atoms with Gasteiger partial charge in [0, 0.05) is 0 Å². The molecule has 0 fully saturated rings. The topological polar surface area (TPSA) is 0 Å². The first-order chi connectivity index (χ1) is 6.29. The average Bonchev–Trinajstić information content (AvgIpc) is 2.14. The fourth-order valence-electron chi connectivity index (χ4n) is 1.83. The molecule has 0 aromatic rings. The summed E-state index contributed by atoms with van der Waals surface area (Å²) < 4.78 is 0. The second kappa shape index (κ2) is 8.10. The number of rotatable bonds is 7. The van der Waals surface area contributed by atoms with Crippen LogP contribution < -0.4 is 0 Å². The Kier molecular flexibility index (Phi) is 7.77. The lowest BCUT2D eigenvalue weighted by molar-refractivity contribution is 0.511. The van der Waals surface area contributed by atoms with Gasteiger partial charge < -0.3 is 0 Å². The molecule has 0 saturated carbocycles. The van der Waals surface area contributed by atoms with Crippen LogP contribution in [0.15, 0.2) is 24.3 Å². The van der Waals surface area contributed by atoms with E-state index >= 15 is 0 Å². The van der Waals surface area contributed by atoms with Gasteiger partial charge in [-0.05, 0) is 30.8 Å². The summed E-state index contributed by atoms with van der Waals surface area (Å²) in [7, 11) is 0. The second-order valence-electron chi connectivity index (χ2n) is 3.59. The lowest BCUT2D eigenvalue weighted by atomic mass is 9.89. The molecule has 0 aliphatic rings. The third-order valence-electron chi connectivity index (χ3n) is 2.42. The number of allylic oxidation sites excluding steroid dienone is 3. The minimum Gasteiger partial charge on any atom is -0.0988 e. The smallest absolute Gasteiger partial charge is 0.0166 e. The minimum atomic E-state index is 0.757. The van der Waals surface area contributed by atoms with Crippen LogP contribution in [0.5, 0.6) is 0 Å². The summed E-state index contributed by atoms with van der Waals surface area (Å²) >= 11 is 0. The van der Waals surface area contributed by atoms with E-state index in [0.717, 1.165) is 12.3 Å². The molecule has 0 N–H and O–H groups in total. The van der Waals surface area contributed by atoms with Crippen molar-refractivity contribution in [3.63, 3.8) is 0 Å². The normalized spacial score (nSPS) is 12.2. The van der Waals surface area contributed by atoms with Crippen LogP contribution in [-0.2, 0) is 0 Å². The monoisotopic (exact) mass is 180 g/mol. The Morgan fingerprint density at radius 3 is 2.00 bits per heavy atom. The summed E-state index contributed by atoms with van der Waals surface area (Å²) in [5.41, 5.74) is 1.46. The van der Waals surface area contributed by atoms with Crippen LogP contribution >= 0.6 is 0 Å². The van der Waals surface area contributed by atoms with Gasteiger partial charge in [-0.1, -0.05) is 52.3 Å². The first-order valence-corrected chi connectivity index (χ1v) is 5.62. The summed E-state index contributed by atoms with van der Waals surface area (Å²) in [5.74, 6) is 0.757. The molecule has 0 aliphatic heterocycles. The van der Waals surface area contributed by atoms with Gasteiger partial charge in [-0.2, -0.15) is 0 Å². The van der Waals surface area contributed by atoms with E-state index in [1.165, 1.54) is 31.3 Å². The Labute approximate surface area is 83.7 Å². The molecule has 13 heavy (non-hydrogen) atoms. The molecule has 0 nitrogen and oxygen atoms in total. The van der Waals surface area contributed by atoms with Gasteiger partial charge in [0.05, 0.1) is 0 Å². The van der Waals surface area contributed by atoms with Gasteiger partial charge in [0.15, 0.2) is 0 Å². The highest BCUT2D eigenvalue weighted by atomic mass is 14.1. The van der Waals surface area contributed by atoms with Crippen molar-refractivity contribution < 1.29 is 0 Å². The maximum Gasteiger partial charge on any atom is -0.0166 e. The molecule has 0 spiro atoms. The van der Waals surface area contributed by atoms with Crippen molar-refractivity contribution >= 4 is 0 Å². The zero-order chi connectivity index (χ0) is 10.1. The molecule has 0 radical (unpaired) electrons. The van der Waals surface area contributed by atoms with Crippen LogP contribution in [0.25, 0.3) is 0 Å². The van der Waals surface area contributed by atoms with Crippen LogP contribution in [-0.4, -0.2) is 0 Å². The molecule has 0 heteroatoms. The first kappa shape index (κ1) is 12.5. The molecule has 0 atom stereocenters. The lowest BCUT2D eigenvalue weighted by Crippen LogP contribution is -2.02. The largest absolute Gasteiger partial charge is 0.0988 e. The van der Waals surface area contributed by atoms with Crippen molar-refractivity contribution in [2.24, 2.45) is 5.92 Å². The molecular formula is C13H24. The van der Waals surface area contributed by atoms with Gasteiger partial charge in [0.2, 0.25) is 0 Å². The summed E-state index contributed by atoms with van der Waals surface area (Å²) in [5, 5.41) is 0. The number of hydrogen-bond donors (Lipinski definition) is 0. The van der Waals surface area contributed by atoms with Crippen molar-refractivity contribution in [2.75, 3.05) is 0 Å². The van der Waals surface area contributed by atoms with Crippen molar-refractivity contribution in [3.05, 3.63) is 24.3 Å². The molecule has 0 saturated heterocycles. The molecular weight excluding hydrogens is 156 g/mol.